The fraction of sp³-hybridized carbons (Fsp3) is 0.143. The van der Waals surface area contributed by atoms with Gasteiger partial charge in [-0.1, -0.05) is 44.1 Å². The van der Waals surface area contributed by atoms with Gasteiger partial charge in [0.25, 0.3) is 0 Å². The molecule has 3 aromatic rings. The van der Waals surface area contributed by atoms with Crippen LogP contribution < -0.4 is 5.43 Å². The molecule has 124 valence electrons. The number of rotatable bonds is 3. The third kappa shape index (κ3) is 3.05. The molecule has 0 unspecified atom stereocenters. The van der Waals surface area contributed by atoms with Gasteiger partial charge in [0.1, 0.15) is 11.3 Å². The van der Waals surface area contributed by atoms with Crippen molar-refractivity contribution in [2.75, 3.05) is 0 Å². The van der Waals surface area contributed by atoms with Crippen molar-refractivity contribution < 1.29 is 4.42 Å². The molecule has 0 N–H and O–H groups in total. The Bertz CT molecular complexity index is 1100. The van der Waals surface area contributed by atoms with Gasteiger partial charge in [0, 0.05) is 25.2 Å². The Balaban J connectivity index is 2.28. The number of allylic oxidation sites excluding steroid dienone is 2. The lowest BCUT2D eigenvalue weighted by Crippen LogP contribution is -2.12. The Kier molecular flexibility index (Phi) is 4.40. The highest BCUT2D eigenvalue weighted by atomic mass is 16.3. The molecular weight excluding hydrogens is 312 g/mol. The summed E-state index contributed by atoms with van der Waals surface area (Å²) in [5.41, 5.74) is 2.84. The van der Waals surface area contributed by atoms with Crippen LogP contribution in [0.1, 0.15) is 29.4 Å². The van der Waals surface area contributed by atoms with Crippen molar-refractivity contribution in [3.8, 4) is 11.8 Å². The van der Waals surface area contributed by atoms with Crippen LogP contribution in [0.15, 0.2) is 59.0 Å². The molecular formula is C21H18N2O2. The van der Waals surface area contributed by atoms with Crippen molar-refractivity contribution in [2.24, 2.45) is 7.05 Å². The topological polar surface area (TPSA) is 48.0 Å². The molecule has 0 atom stereocenters. The third-order valence-electron chi connectivity index (χ3n) is 3.93. The van der Waals surface area contributed by atoms with E-state index in [-0.39, 0.29) is 5.43 Å². The molecule has 1 aromatic carbocycles. The molecule has 0 aliphatic carbocycles. The first-order valence-electron chi connectivity index (χ1n) is 7.96. The zero-order chi connectivity index (χ0) is 18.0. The molecule has 2 aromatic heterocycles. The molecule has 3 rings (SSSR count). The van der Waals surface area contributed by atoms with E-state index in [1.165, 1.54) is 0 Å². The van der Waals surface area contributed by atoms with Gasteiger partial charge in [-0.3, -0.25) is 9.48 Å². The standard InChI is InChI=1S/C21H18N2O2/c1-5-14(3)19-17(6-2)25-18-9-7-8-16(20(18)21(19)24)11-10-15-12-22-23(4)13-15/h5,7-9,12-13H,1,3,6H2,2,4H3. The van der Waals surface area contributed by atoms with Crippen LogP contribution in [0.2, 0.25) is 0 Å². The summed E-state index contributed by atoms with van der Waals surface area (Å²) >= 11 is 0. The lowest BCUT2D eigenvalue weighted by Gasteiger charge is -2.09. The number of fused-ring (bicyclic) bond motifs is 1. The summed E-state index contributed by atoms with van der Waals surface area (Å²) in [6.07, 6.45) is 5.67. The molecule has 0 saturated heterocycles. The van der Waals surface area contributed by atoms with Gasteiger partial charge in [-0.05, 0) is 17.7 Å². The fourth-order valence-electron chi connectivity index (χ4n) is 2.69. The molecule has 0 fully saturated rings. The van der Waals surface area contributed by atoms with Crippen LogP contribution in [0, 0.1) is 11.8 Å². The number of hydrogen-bond acceptors (Lipinski definition) is 3. The normalized spacial score (nSPS) is 10.3. The molecule has 25 heavy (non-hydrogen) atoms. The van der Waals surface area contributed by atoms with Crippen LogP contribution in [0.5, 0.6) is 0 Å². The second-order valence-corrected chi connectivity index (χ2v) is 5.64. The minimum absolute atomic E-state index is 0.126. The molecule has 0 spiro atoms. The van der Waals surface area contributed by atoms with Gasteiger partial charge in [-0.25, -0.2) is 0 Å². The first-order valence-corrected chi connectivity index (χ1v) is 7.96. The van der Waals surface area contributed by atoms with Gasteiger partial charge in [0.15, 0.2) is 0 Å². The van der Waals surface area contributed by atoms with E-state index in [2.05, 4.69) is 30.1 Å². The maximum absolute atomic E-state index is 13.1. The van der Waals surface area contributed by atoms with Crippen molar-refractivity contribution >= 4 is 16.5 Å². The summed E-state index contributed by atoms with van der Waals surface area (Å²) in [5, 5.41) is 4.56. The summed E-state index contributed by atoms with van der Waals surface area (Å²) in [7, 11) is 1.83. The fourth-order valence-corrected chi connectivity index (χ4v) is 2.69. The predicted octanol–water partition coefficient (Wildman–Crippen LogP) is 3.69. The smallest absolute Gasteiger partial charge is 0.202 e. The quantitative estimate of drug-likeness (QED) is 0.543. The van der Waals surface area contributed by atoms with Gasteiger partial charge in [-0.15, -0.1) is 0 Å². The zero-order valence-electron chi connectivity index (χ0n) is 14.3. The minimum Gasteiger partial charge on any atom is -0.460 e. The summed E-state index contributed by atoms with van der Waals surface area (Å²) in [5.74, 6) is 6.71. The van der Waals surface area contributed by atoms with Crippen molar-refractivity contribution in [1.29, 1.82) is 0 Å². The first kappa shape index (κ1) is 16.5. The molecule has 4 heteroatoms. The summed E-state index contributed by atoms with van der Waals surface area (Å²) < 4.78 is 7.63. The van der Waals surface area contributed by atoms with E-state index >= 15 is 0 Å². The van der Waals surface area contributed by atoms with Crippen LogP contribution in [-0.2, 0) is 13.5 Å². The highest BCUT2D eigenvalue weighted by molar-refractivity contribution is 5.88. The molecule has 0 aliphatic heterocycles. The van der Waals surface area contributed by atoms with Crippen LogP contribution in [-0.4, -0.2) is 9.78 Å². The molecule has 0 bridgehead atoms. The SMILES string of the molecule is C=CC(=C)c1c(CC)oc2cccc(C#Cc3cnn(C)c3)c2c1=O. The van der Waals surface area contributed by atoms with E-state index in [9.17, 15) is 4.79 Å². The van der Waals surface area contributed by atoms with Crippen LogP contribution >= 0.6 is 0 Å². The Labute approximate surface area is 146 Å². The van der Waals surface area contributed by atoms with Gasteiger partial charge < -0.3 is 4.42 Å². The second kappa shape index (κ2) is 6.66. The van der Waals surface area contributed by atoms with Gasteiger partial charge in [0.2, 0.25) is 5.43 Å². The summed E-state index contributed by atoms with van der Waals surface area (Å²) in [6.45, 7) is 9.58. The van der Waals surface area contributed by atoms with Crippen molar-refractivity contribution in [3.05, 3.63) is 82.5 Å². The molecule has 0 aliphatic rings. The molecule has 0 radical (unpaired) electrons. The molecule has 4 nitrogen and oxygen atoms in total. The third-order valence-corrected chi connectivity index (χ3v) is 3.93. The summed E-state index contributed by atoms with van der Waals surface area (Å²) in [4.78, 5) is 13.1. The Morgan fingerprint density at radius 1 is 1.40 bits per heavy atom. The van der Waals surface area contributed by atoms with Gasteiger partial charge in [0.05, 0.1) is 22.7 Å². The van der Waals surface area contributed by atoms with Crippen LogP contribution in [0.3, 0.4) is 0 Å². The monoisotopic (exact) mass is 330 g/mol. The predicted molar refractivity (Wildman–Crippen MR) is 100 cm³/mol. The molecule has 2 heterocycles. The maximum Gasteiger partial charge on any atom is 0.202 e. The second-order valence-electron chi connectivity index (χ2n) is 5.64. The average Bonchev–Trinajstić information content (AvgIpc) is 3.04. The van der Waals surface area contributed by atoms with Gasteiger partial charge >= 0.3 is 0 Å². The van der Waals surface area contributed by atoms with E-state index in [0.29, 0.717) is 39.9 Å². The van der Waals surface area contributed by atoms with Crippen LogP contribution in [0.4, 0.5) is 0 Å². The number of aromatic nitrogens is 2. The van der Waals surface area contributed by atoms with Crippen LogP contribution in [0.25, 0.3) is 16.5 Å². The van der Waals surface area contributed by atoms with Crippen molar-refractivity contribution in [3.63, 3.8) is 0 Å². The summed E-state index contributed by atoms with van der Waals surface area (Å²) in [6, 6.07) is 5.43. The Hall–Kier alpha value is -3.32. The maximum atomic E-state index is 13.1. The molecule has 0 saturated carbocycles. The zero-order valence-corrected chi connectivity index (χ0v) is 14.3. The number of hydrogen-bond donors (Lipinski definition) is 0. The van der Waals surface area contributed by atoms with Crippen molar-refractivity contribution in [2.45, 2.75) is 13.3 Å². The largest absolute Gasteiger partial charge is 0.460 e. The first-order chi connectivity index (χ1) is 12.0. The van der Waals surface area contributed by atoms with E-state index in [4.69, 9.17) is 4.42 Å². The van der Waals surface area contributed by atoms with E-state index in [0.717, 1.165) is 5.56 Å². The minimum atomic E-state index is -0.126. The molecule has 0 amide bonds. The lowest BCUT2D eigenvalue weighted by molar-refractivity contribution is 0.541. The Morgan fingerprint density at radius 2 is 2.20 bits per heavy atom. The average molecular weight is 330 g/mol. The number of nitrogens with zero attached hydrogens (tertiary/aromatic N) is 2. The highest BCUT2D eigenvalue weighted by Gasteiger charge is 2.16. The Morgan fingerprint density at radius 3 is 2.84 bits per heavy atom. The van der Waals surface area contributed by atoms with Gasteiger partial charge in [-0.2, -0.15) is 5.10 Å². The van der Waals surface area contributed by atoms with Crippen molar-refractivity contribution in [1.82, 2.24) is 9.78 Å². The lowest BCUT2D eigenvalue weighted by atomic mass is 10.00. The highest BCUT2D eigenvalue weighted by Crippen LogP contribution is 2.23. The number of aryl methyl sites for hydroxylation is 2. The van der Waals surface area contributed by atoms with E-state index in [1.807, 2.05) is 32.3 Å². The number of benzene rings is 1. The van der Waals surface area contributed by atoms with E-state index in [1.54, 1.807) is 23.0 Å². The van der Waals surface area contributed by atoms with E-state index < -0.39 is 0 Å².